The average Bonchev–Trinajstić information content (AvgIpc) is 2.18. The van der Waals surface area contributed by atoms with Gasteiger partial charge in [-0.15, -0.1) is 0 Å². The van der Waals surface area contributed by atoms with E-state index < -0.39 is 28.8 Å². The van der Waals surface area contributed by atoms with Gasteiger partial charge >= 0.3 is 18.1 Å². The number of nitrogens with zero attached hydrogens (tertiary/aromatic N) is 2. The lowest BCUT2D eigenvalue weighted by Crippen LogP contribution is -2.21. The molecule has 0 amide bonds. The fraction of sp³-hybridized carbons (Fsp3) is 0.143. The van der Waals surface area contributed by atoms with Crippen molar-refractivity contribution in [3.63, 3.8) is 0 Å². The Bertz CT molecular complexity index is 397. The van der Waals surface area contributed by atoms with Gasteiger partial charge < -0.3 is 20.0 Å². The lowest BCUT2D eigenvalue weighted by atomic mass is 10.4. The monoisotopic (exact) mass is 216 g/mol. The Morgan fingerprint density at radius 1 is 1.73 bits per heavy atom. The second-order valence-corrected chi connectivity index (χ2v) is 2.35. The van der Waals surface area contributed by atoms with Crippen LogP contribution in [0.25, 0.3) is 0 Å². The lowest BCUT2D eigenvalue weighted by molar-refractivity contribution is -0.390. The molecule has 0 fully saturated rings. The first-order chi connectivity index (χ1) is 7.02. The fourth-order valence-corrected chi connectivity index (χ4v) is 0.773. The number of alkyl halides is 1. The third-order valence-corrected chi connectivity index (χ3v) is 1.35. The van der Waals surface area contributed by atoms with Crippen LogP contribution in [0.4, 0.5) is 10.2 Å². The molecule has 8 heteroatoms. The second kappa shape index (κ2) is 4.31. The number of pyridine rings is 1. The van der Waals surface area contributed by atoms with E-state index in [1.54, 1.807) is 0 Å². The van der Waals surface area contributed by atoms with Gasteiger partial charge in [0.1, 0.15) is 6.20 Å². The summed E-state index contributed by atoms with van der Waals surface area (Å²) in [5.74, 6) is -3.13. The molecule has 0 aromatic carbocycles. The van der Waals surface area contributed by atoms with E-state index in [0.29, 0.717) is 0 Å². The summed E-state index contributed by atoms with van der Waals surface area (Å²) < 4.78 is 16.8. The molecule has 1 N–H and O–H groups in total. The van der Waals surface area contributed by atoms with Gasteiger partial charge in [-0.3, -0.25) is 0 Å². The molecule has 1 heterocycles. The smallest absolute Gasteiger partial charge is 0.406 e. The summed E-state index contributed by atoms with van der Waals surface area (Å²) in [6.07, 6.45) is -1.55. The highest BCUT2D eigenvalue weighted by Gasteiger charge is 2.23. The molecule has 1 rings (SSSR count). The minimum absolute atomic E-state index is 0.530. The number of hydrogen-bond acceptors (Lipinski definition) is 5. The number of hydrogen-bond donors (Lipinski definition) is 1. The van der Waals surface area contributed by atoms with Crippen LogP contribution >= 0.6 is 0 Å². The van der Waals surface area contributed by atoms with Gasteiger partial charge in [-0.2, -0.15) is 4.39 Å². The van der Waals surface area contributed by atoms with E-state index >= 15 is 0 Å². The molecule has 0 aliphatic heterocycles. The van der Waals surface area contributed by atoms with Gasteiger partial charge in [0.05, 0.1) is 0 Å². The molecule has 0 aliphatic carbocycles. The lowest BCUT2D eigenvalue weighted by Gasteiger charge is -2.06. The van der Waals surface area contributed by atoms with Gasteiger partial charge in [-0.05, 0) is 22.0 Å². The van der Waals surface area contributed by atoms with E-state index in [2.05, 4.69) is 9.72 Å². The number of halogens is 1. The van der Waals surface area contributed by atoms with E-state index in [9.17, 15) is 19.3 Å². The fourth-order valence-electron chi connectivity index (χ4n) is 0.773. The van der Waals surface area contributed by atoms with Crippen molar-refractivity contribution in [2.45, 2.75) is 6.36 Å². The molecule has 7 nitrogen and oxygen atoms in total. The maximum Gasteiger partial charge on any atom is 0.406 e. The van der Waals surface area contributed by atoms with E-state index in [1.165, 1.54) is 6.07 Å². The van der Waals surface area contributed by atoms with Crippen molar-refractivity contribution in [3.05, 3.63) is 28.4 Å². The molecular weight excluding hydrogens is 211 g/mol. The SMILES string of the molecule is O=C(O)C(F)Oc1cccnc1[N+](=O)[O-]. The predicted molar refractivity (Wildman–Crippen MR) is 44.1 cm³/mol. The van der Waals surface area contributed by atoms with Crippen molar-refractivity contribution in [1.82, 2.24) is 4.98 Å². The summed E-state index contributed by atoms with van der Waals surface area (Å²) in [5, 5.41) is 18.5. The molecule has 0 radical (unpaired) electrons. The summed E-state index contributed by atoms with van der Waals surface area (Å²) in [6, 6.07) is 2.32. The molecular formula is C7H5FN2O5. The van der Waals surface area contributed by atoms with Crippen molar-refractivity contribution in [1.29, 1.82) is 0 Å². The van der Waals surface area contributed by atoms with Gasteiger partial charge in [0.2, 0.25) is 5.75 Å². The minimum atomic E-state index is -2.66. The molecule has 1 atom stereocenters. The second-order valence-electron chi connectivity index (χ2n) is 2.35. The highest BCUT2D eigenvalue weighted by Crippen LogP contribution is 2.24. The van der Waals surface area contributed by atoms with Crippen molar-refractivity contribution in [2.75, 3.05) is 0 Å². The van der Waals surface area contributed by atoms with Crippen molar-refractivity contribution in [3.8, 4) is 5.75 Å². The topological polar surface area (TPSA) is 103 Å². The first-order valence-corrected chi connectivity index (χ1v) is 3.65. The van der Waals surface area contributed by atoms with E-state index in [4.69, 9.17) is 5.11 Å². The van der Waals surface area contributed by atoms with Gasteiger partial charge in [-0.1, -0.05) is 0 Å². The van der Waals surface area contributed by atoms with E-state index in [1.807, 2.05) is 0 Å². The number of carbonyl (C=O) groups is 1. The minimum Gasteiger partial charge on any atom is -0.476 e. The van der Waals surface area contributed by atoms with Crippen LogP contribution in [0.3, 0.4) is 0 Å². The summed E-state index contributed by atoms with van der Waals surface area (Å²) in [4.78, 5) is 22.9. The van der Waals surface area contributed by atoms with Gasteiger partial charge in [0.25, 0.3) is 0 Å². The highest BCUT2D eigenvalue weighted by molar-refractivity contribution is 5.71. The van der Waals surface area contributed by atoms with Crippen LogP contribution in [0, 0.1) is 10.1 Å². The number of ether oxygens (including phenoxy) is 1. The zero-order valence-electron chi connectivity index (χ0n) is 7.16. The summed E-state index contributed by atoms with van der Waals surface area (Å²) in [5.41, 5.74) is 0. The number of aromatic nitrogens is 1. The number of carboxylic acids is 1. The molecule has 0 bridgehead atoms. The average molecular weight is 216 g/mol. The predicted octanol–water partition coefficient (Wildman–Crippen LogP) is 0.749. The Hall–Kier alpha value is -2.25. The third kappa shape index (κ3) is 2.59. The quantitative estimate of drug-likeness (QED) is 0.588. The molecule has 1 aromatic rings. The van der Waals surface area contributed by atoms with Crippen molar-refractivity contribution < 1.29 is 24.0 Å². The molecule has 0 spiro atoms. The zero-order chi connectivity index (χ0) is 11.4. The molecule has 15 heavy (non-hydrogen) atoms. The zero-order valence-corrected chi connectivity index (χ0v) is 7.16. The Labute approximate surface area is 82.3 Å². The molecule has 0 saturated carbocycles. The van der Waals surface area contributed by atoms with Crippen LogP contribution in [-0.2, 0) is 4.79 Å². The third-order valence-electron chi connectivity index (χ3n) is 1.35. The van der Waals surface area contributed by atoms with Gasteiger partial charge in [0, 0.05) is 0 Å². The van der Waals surface area contributed by atoms with Gasteiger partial charge in [0.15, 0.2) is 0 Å². The molecule has 80 valence electrons. The van der Waals surface area contributed by atoms with Crippen LogP contribution in [0.2, 0.25) is 0 Å². The van der Waals surface area contributed by atoms with Crippen LogP contribution in [-0.4, -0.2) is 27.3 Å². The van der Waals surface area contributed by atoms with Crippen LogP contribution < -0.4 is 4.74 Å². The number of nitro groups is 1. The summed E-state index contributed by atoms with van der Waals surface area (Å²) >= 11 is 0. The summed E-state index contributed by atoms with van der Waals surface area (Å²) in [6.45, 7) is 0. The summed E-state index contributed by atoms with van der Waals surface area (Å²) in [7, 11) is 0. The van der Waals surface area contributed by atoms with Crippen LogP contribution in [0.5, 0.6) is 5.75 Å². The van der Waals surface area contributed by atoms with Crippen molar-refractivity contribution in [2.24, 2.45) is 0 Å². The van der Waals surface area contributed by atoms with E-state index in [-0.39, 0.29) is 0 Å². The Kier molecular flexibility index (Phi) is 3.11. The molecule has 1 aromatic heterocycles. The molecule has 0 saturated heterocycles. The largest absolute Gasteiger partial charge is 0.476 e. The Balaban J connectivity index is 2.94. The van der Waals surface area contributed by atoms with Crippen LogP contribution in [0.15, 0.2) is 18.3 Å². The highest BCUT2D eigenvalue weighted by atomic mass is 19.1. The molecule has 0 aliphatic rings. The first-order valence-electron chi connectivity index (χ1n) is 3.65. The normalized spacial score (nSPS) is 11.8. The first kappa shape index (κ1) is 10.8. The van der Waals surface area contributed by atoms with Gasteiger partial charge in [-0.25, -0.2) is 4.79 Å². The maximum absolute atomic E-state index is 12.6. The number of rotatable bonds is 4. The number of aliphatic carboxylic acids is 1. The van der Waals surface area contributed by atoms with Crippen LogP contribution in [0.1, 0.15) is 0 Å². The molecule has 1 unspecified atom stereocenters. The maximum atomic E-state index is 12.6. The standard InChI is InChI=1S/C7H5FN2O5/c8-5(7(11)12)15-4-2-1-3-9-6(4)10(13)14/h1-3,5H,(H,11,12). The van der Waals surface area contributed by atoms with E-state index in [0.717, 1.165) is 12.3 Å². The van der Waals surface area contributed by atoms with Crippen molar-refractivity contribution >= 4 is 11.8 Å². The number of carboxylic acid groups (broad SMARTS) is 1. The Morgan fingerprint density at radius 3 is 2.93 bits per heavy atom. The Morgan fingerprint density at radius 2 is 2.40 bits per heavy atom.